The van der Waals surface area contributed by atoms with Gasteiger partial charge < -0.3 is 15.2 Å². The second kappa shape index (κ2) is 6.93. The molecule has 0 aromatic carbocycles. The Morgan fingerprint density at radius 2 is 2.16 bits per heavy atom. The van der Waals surface area contributed by atoms with Crippen LogP contribution in [0.3, 0.4) is 0 Å². The van der Waals surface area contributed by atoms with Crippen molar-refractivity contribution < 1.29 is 0 Å². The van der Waals surface area contributed by atoms with Gasteiger partial charge in [-0.3, -0.25) is 0 Å². The van der Waals surface area contributed by atoms with Crippen LogP contribution in [-0.4, -0.2) is 54.4 Å². The Labute approximate surface area is 118 Å². The lowest BCUT2D eigenvalue weighted by Gasteiger charge is -2.22. The normalized spacial score (nSPS) is 15.7. The topological polar surface area (TPSA) is 70.3 Å². The predicted molar refractivity (Wildman–Crippen MR) is 80.6 cm³/mol. The van der Waals surface area contributed by atoms with E-state index in [-0.39, 0.29) is 0 Å². The summed E-state index contributed by atoms with van der Waals surface area (Å²) in [4.78, 5) is 13.4. The third-order valence-corrected chi connectivity index (χ3v) is 3.91. The van der Waals surface area contributed by atoms with Crippen molar-refractivity contribution >= 4 is 23.4 Å². The smallest absolute Gasteiger partial charge is 0.191 e. The van der Waals surface area contributed by atoms with Crippen LogP contribution in [0, 0.1) is 0 Å². The summed E-state index contributed by atoms with van der Waals surface area (Å²) < 4.78 is 0. The fraction of sp³-hybridized carbons (Fsp3) is 0.667. The number of nitrogens with one attached hydrogen (secondary N) is 1. The molecule has 0 bridgehead atoms. The fourth-order valence-electron chi connectivity index (χ4n) is 2.19. The number of nitrogens with zero attached hydrogens (tertiary/aromatic N) is 4. The van der Waals surface area contributed by atoms with Crippen molar-refractivity contribution in [2.24, 2.45) is 5.84 Å². The van der Waals surface area contributed by atoms with Crippen molar-refractivity contribution in [1.82, 2.24) is 14.9 Å². The highest BCUT2D eigenvalue weighted by atomic mass is 32.2. The van der Waals surface area contributed by atoms with E-state index in [0.717, 1.165) is 24.1 Å². The van der Waals surface area contributed by atoms with E-state index in [1.165, 1.54) is 37.7 Å². The monoisotopic (exact) mass is 282 g/mol. The fourth-order valence-corrected chi connectivity index (χ4v) is 2.56. The number of aromatic nitrogens is 2. The third-order valence-electron chi connectivity index (χ3n) is 3.36. The Bertz CT molecular complexity index is 385. The minimum atomic E-state index is 0.655. The lowest BCUT2D eigenvalue weighted by atomic mass is 10.4. The van der Waals surface area contributed by atoms with E-state index in [1.807, 2.05) is 12.3 Å². The van der Waals surface area contributed by atoms with Gasteiger partial charge in [-0.1, -0.05) is 11.8 Å². The molecular formula is C12H22N6S. The summed E-state index contributed by atoms with van der Waals surface area (Å²) in [7, 11) is 2.06. The minimum absolute atomic E-state index is 0.655. The zero-order chi connectivity index (χ0) is 13.7. The van der Waals surface area contributed by atoms with Gasteiger partial charge in [-0.15, -0.1) is 0 Å². The maximum atomic E-state index is 5.44. The van der Waals surface area contributed by atoms with E-state index in [2.05, 4.69) is 32.2 Å². The number of hydrogen-bond donors (Lipinski definition) is 2. The first kappa shape index (κ1) is 14.4. The van der Waals surface area contributed by atoms with Gasteiger partial charge in [-0.25, -0.2) is 15.8 Å². The molecule has 0 aliphatic carbocycles. The molecule has 0 saturated carbocycles. The van der Waals surface area contributed by atoms with Gasteiger partial charge in [0.25, 0.3) is 0 Å². The Morgan fingerprint density at radius 3 is 2.79 bits per heavy atom. The van der Waals surface area contributed by atoms with E-state index >= 15 is 0 Å². The second-order valence-corrected chi connectivity index (χ2v) is 5.49. The number of nitrogen functional groups attached to an aromatic ring is 1. The molecule has 6 nitrogen and oxygen atoms in total. The molecule has 0 radical (unpaired) electrons. The first-order chi connectivity index (χ1) is 9.22. The predicted octanol–water partition coefficient (Wildman–Crippen LogP) is 1.02. The molecule has 2 heterocycles. The summed E-state index contributed by atoms with van der Waals surface area (Å²) >= 11 is 1.52. The number of nitrogens with two attached hydrogens (primary N) is 1. The highest BCUT2D eigenvalue weighted by molar-refractivity contribution is 7.98. The number of rotatable bonds is 6. The van der Waals surface area contributed by atoms with Crippen LogP contribution in [0.1, 0.15) is 12.8 Å². The first-order valence-corrected chi connectivity index (χ1v) is 7.78. The SMILES string of the molecule is CSc1nc(NN)cc(N(C)CCN2CCCC2)n1. The standard InChI is InChI=1S/C12H22N6S/c1-17(7-8-18-5-3-4-6-18)11-9-10(16-13)14-12(15-11)19-2/h9H,3-8,13H2,1-2H3,(H,14,15,16). The molecule has 1 fully saturated rings. The van der Waals surface area contributed by atoms with Crippen LogP contribution in [0.4, 0.5) is 11.6 Å². The van der Waals surface area contributed by atoms with Gasteiger partial charge in [0.1, 0.15) is 11.6 Å². The third kappa shape index (κ3) is 3.95. The molecule has 106 valence electrons. The Kier molecular flexibility index (Phi) is 5.24. The molecule has 19 heavy (non-hydrogen) atoms. The van der Waals surface area contributed by atoms with E-state index in [9.17, 15) is 0 Å². The van der Waals surface area contributed by atoms with Crippen LogP contribution >= 0.6 is 11.8 Å². The lowest BCUT2D eigenvalue weighted by molar-refractivity contribution is 0.346. The van der Waals surface area contributed by atoms with Crippen molar-refractivity contribution in [2.75, 3.05) is 49.8 Å². The highest BCUT2D eigenvalue weighted by Gasteiger charge is 2.13. The molecule has 2 rings (SSSR count). The van der Waals surface area contributed by atoms with Crippen molar-refractivity contribution in [2.45, 2.75) is 18.0 Å². The van der Waals surface area contributed by atoms with Crippen LogP contribution in [0.2, 0.25) is 0 Å². The molecule has 0 spiro atoms. The average Bonchev–Trinajstić information content (AvgIpc) is 2.97. The summed E-state index contributed by atoms with van der Waals surface area (Å²) in [6.07, 6.45) is 4.62. The second-order valence-electron chi connectivity index (χ2n) is 4.71. The van der Waals surface area contributed by atoms with Crippen molar-refractivity contribution in [1.29, 1.82) is 0 Å². The van der Waals surface area contributed by atoms with Gasteiger partial charge in [-0.2, -0.15) is 0 Å². The number of hydrogen-bond acceptors (Lipinski definition) is 7. The van der Waals surface area contributed by atoms with E-state index in [1.54, 1.807) is 0 Å². The average molecular weight is 282 g/mol. The van der Waals surface area contributed by atoms with Crippen LogP contribution in [0.15, 0.2) is 11.2 Å². The van der Waals surface area contributed by atoms with Gasteiger partial charge in [0.2, 0.25) is 0 Å². The molecule has 0 atom stereocenters. The summed E-state index contributed by atoms with van der Waals surface area (Å²) in [5, 5.41) is 0.735. The minimum Gasteiger partial charge on any atom is -0.358 e. The number of likely N-dealkylation sites (tertiary alicyclic amines) is 1. The maximum absolute atomic E-state index is 5.44. The molecule has 1 aromatic heterocycles. The van der Waals surface area contributed by atoms with Crippen molar-refractivity contribution in [3.63, 3.8) is 0 Å². The van der Waals surface area contributed by atoms with Gasteiger partial charge in [0, 0.05) is 26.2 Å². The summed E-state index contributed by atoms with van der Waals surface area (Å²) in [5.41, 5.74) is 2.59. The highest BCUT2D eigenvalue weighted by Crippen LogP contribution is 2.19. The maximum Gasteiger partial charge on any atom is 0.191 e. The largest absolute Gasteiger partial charge is 0.358 e. The van der Waals surface area contributed by atoms with Crippen LogP contribution < -0.4 is 16.2 Å². The van der Waals surface area contributed by atoms with Crippen molar-refractivity contribution in [3.05, 3.63) is 6.07 Å². The number of hydrazine groups is 1. The Hall–Kier alpha value is -1.05. The Morgan fingerprint density at radius 1 is 1.42 bits per heavy atom. The number of anilines is 2. The molecule has 1 aliphatic rings. The van der Waals surface area contributed by atoms with Gasteiger partial charge in [-0.05, 0) is 32.2 Å². The van der Waals surface area contributed by atoms with E-state index in [4.69, 9.17) is 5.84 Å². The summed E-state index contributed by atoms with van der Waals surface area (Å²) in [6, 6.07) is 1.88. The molecular weight excluding hydrogens is 260 g/mol. The van der Waals surface area contributed by atoms with E-state index < -0.39 is 0 Å². The van der Waals surface area contributed by atoms with Crippen LogP contribution in [-0.2, 0) is 0 Å². The van der Waals surface area contributed by atoms with Gasteiger partial charge >= 0.3 is 0 Å². The summed E-state index contributed by atoms with van der Waals surface area (Å²) in [6.45, 7) is 4.50. The van der Waals surface area contributed by atoms with Crippen LogP contribution in [0.25, 0.3) is 0 Å². The first-order valence-electron chi connectivity index (χ1n) is 6.56. The van der Waals surface area contributed by atoms with Gasteiger partial charge in [0.15, 0.2) is 5.16 Å². The van der Waals surface area contributed by atoms with E-state index in [0.29, 0.717) is 5.82 Å². The number of thioether (sulfide) groups is 1. The molecule has 1 aliphatic heterocycles. The zero-order valence-electron chi connectivity index (χ0n) is 11.6. The lowest BCUT2D eigenvalue weighted by Crippen LogP contribution is -2.32. The molecule has 1 aromatic rings. The molecule has 1 saturated heterocycles. The zero-order valence-corrected chi connectivity index (χ0v) is 12.4. The Balaban J connectivity index is 1.98. The van der Waals surface area contributed by atoms with Gasteiger partial charge in [0.05, 0.1) is 0 Å². The van der Waals surface area contributed by atoms with Crippen molar-refractivity contribution in [3.8, 4) is 0 Å². The molecule has 0 amide bonds. The molecule has 3 N–H and O–H groups in total. The molecule has 0 unspecified atom stereocenters. The number of likely N-dealkylation sites (N-methyl/N-ethyl adjacent to an activating group) is 1. The summed E-state index contributed by atoms with van der Waals surface area (Å²) in [5.74, 6) is 7.00. The quantitative estimate of drug-likeness (QED) is 0.349. The molecule has 7 heteroatoms. The van der Waals surface area contributed by atoms with Crippen LogP contribution in [0.5, 0.6) is 0 Å².